The van der Waals surface area contributed by atoms with Crippen molar-refractivity contribution in [2.45, 2.75) is 26.9 Å². The summed E-state index contributed by atoms with van der Waals surface area (Å²) in [6.07, 6.45) is 0.428. The van der Waals surface area contributed by atoms with Crippen LogP contribution in [0.25, 0.3) is 5.82 Å². The minimum Gasteiger partial charge on any atom is -0.454 e. The van der Waals surface area contributed by atoms with E-state index in [0.717, 1.165) is 29.6 Å². The molecule has 0 fully saturated rings. The number of halogens is 2. The van der Waals surface area contributed by atoms with Crippen molar-refractivity contribution in [1.82, 2.24) is 14.8 Å². The van der Waals surface area contributed by atoms with Gasteiger partial charge in [-0.2, -0.15) is 5.10 Å². The zero-order chi connectivity index (χ0) is 18.8. The van der Waals surface area contributed by atoms with E-state index in [2.05, 4.69) is 10.1 Å². The third-order valence-corrected chi connectivity index (χ3v) is 3.89. The summed E-state index contributed by atoms with van der Waals surface area (Å²) in [6, 6.07) is 8.13. The van der Waals surface area contributed by atoms with Crippen molar-refractivity contribution in [2.24, 2.45) is 0 Å². The lowest BCUT2D eigenvalue weighted by Gasteiger charge is -2.14. The van der Waals surface area contributed by atoms with E-state index in [4.69, 9.17) is 4.74 Å². The number of pyridine rings is 1. The minimum absolute atomic E-state index is 0.0226. The highest BCUT2D eigenvalue weighted by Crippen LogP contribution is 2.22. The zero-order valence-corrected chi connectivity index (χ0v) is 14.5. The Morgan fingerprint density at radius 3 is 2.54 bits per heavy atom. The van der Waals surface area contributed by atoms with E-state index in [1.54, 1.807) is 16.8 Å². The van der Waals surface area contributed by atoms with Crippen LogP contribution in [0.15, 0.2) is 42.6 Å². The second-order valence-electron chi connectivity index (χ2n) is 5.96. The van der Waals surface area contributed by atoms with Crippen molar-refractivity contribution in [3.05, 3.63) is 76.7 Å². The molecule has 0 aliphatic heterocycles. The van der Waals surface area contributed by atoms with Gasteiger partial charge in [0.25, 0.3) is 0 Å². The maximum absolute atomic E-state index is 13.8. The van der Waals surface area contributed by atoms with E-state index in [1.807, 2.05) is 19.9 Å². The van der Waals surface area contributed by atoms with Gasteiger partial charge >= 0.3 is 5.97 Å². The van der Waals surface area contributed by atoms with Crippen molar-refractivity contribution in [2.75, 3.05) is 0 Å². The molecule has 3 aromatic rings. The van der Waals surface area contributed by atoms with Crippen LogP contribution in [-0.4, -0.2) is 20.7 Å². The molecular weight excluding hydrogens is 340 g/mol. The number of ether oxygens (including phenoxy) is 1. The molecule has 1 unspecified atom stereocenters. The fraction of sp³-hybridized carbons (Fsp3) is 0.211. The highest BCUT2D eigenvalue weighted by Gasteiger charge is 2.18. The SMILES string of the molecule is Cc1cc(C)n(-c2ccc(C(=O)OC(C)c3cc(F)ccc3F)cn2)n1. The van der Waals surface area contributed by atoms with Crippen LogP contribution in [0, 0.1) is 25.5 Å². The molecule has 0 aliphatic carbocycles. The molecule has 2 heterocycles. The van der Waals surface area contributed by atoms with Gasteiger partial charge in [-0.25, -0.2) is 23.2 Å². The lowest BCUT2D eigenvalue weighted by molar-refractivity contribution is 0.0330. The van der Waals surface area contributed by atoms with Gasteiger partial charge in [0.1, 0.15) is 17.7 Å². The lowest BCUT2D eigenvalue weighted by atomic mass is 10.1. The summed E-state index contributed by atoms with van der Waals surface area (Å²) in [5, 5.41) is 4.32. The molecular formula is C19H17F2N3O2. The normalized spacial score (nSPS) is 12.0. The van der Waals surface area contributed by atoms with Crippen LogP contribution in [0.5, 0.6) is 0 Å². The van der Waals surface area contributed by atoms with Crippen LogP contribution in [0.3, 0.4) is 0 Å². The number of carbonyl (C=O) groups is 1. The standard InChI is InChI=1S/C19H17F2N3O2/c1-11-8-12(2)24(23-11)18-7-4-14(10-22-18)19(25)26-13(3)16-9-15(20)5-6-17(16)21/h4-10,13H,1-3H3. The largest absolute Gasteiger partial charge is 0.454 e. The molecule has 5 nitrogen and oxygen atoms in total. The maximum Gasteiger partial charge on any atom is 0.340 e. The number of hydrogen-bond donors (Lipinski definition) is 0. The summed E-state index contributed by atoms with van der Waals surface area (Å²) in [5.41, 5.74) is 1.96. The van der Waals surface area contributed by atoms with E-state index >= 15 is 0 Å². The van der Waals surface area contributed by atoms with Crippen LogP contribution in [0.1, 0.15) is 40.3 Å². The van der Waals surface area contributed by atoms with Gasteiger partial charge in [0.2, 0.25) is 0 Å². The van der Waals surface area contributed by atoms with E-state index in [9.17, 15) is 13.6 Å². The van der Waals surface area contributed by atoms with Gasteiger partial charge < -0.3 is 4.74 Å². The first-order chi connectivity index (χ1) is 12.3. The van der Waals surface area contributed by atoms with Crippen LogP contribution in [0.2, 0.25) is 0 Å². The summed E-state index contributed by atoms with van der Waals surface area (Å²) in [5.74, 6) is -1.34. The number of rotatable bonds is 4. The molecule has 0 saturated carbocycles. The molecule has 0 spiro atoms. The molecule has 0 bridgehead atoms. The Kier molecular flexibility index (Phi) is 4.79. The van der Waals surface area contributed by atoms with Crippen molar-refractivity contribution in [1.29, 1.82) is 0 Å². The van der Waals surface area contributed by atoms with Crippen molar-refractivity contribution >= 4 is 5.97 Å². The first-order valence-electron chi connectivity index (χ1n) is 8.01. The predicted molar refractivity (Wildman–Crippen MR) is 91.0 cm³/mol. The second kappa shape index (κ2) is 7.03. The molecule has 26 heavy (non-hydrogen) atoms. The van der Waals surface area contributed by atoms with Crippen molar-refractivity contribution < 1.29 is 18.3 Å². The summed E-state index contributed by atoms with van der Waals surface area (Å²) in [6.45, 7) is 5.26. The number of nitrogens with zero attached hydrogens (tertiary/aromatic N) is 3. The third-order valence-electron chi connectivity index (χ3n) is 3.89. The predicted octanol–water partition coefficient (Wildman–Crippen LogP) is 4.08. The molecule has 134 valence electrons. The average Bonchev–Trinajstić information content (AvgIpc) is 2.95. The Balaban J connectivity index is 1.76. The van der Waals surface area contributed by atoms with Gasteiger partial charge in [-0.05, 0) is 57.2 Å². The highest BCUT2D eigenvalue weighted by atomic mass is 19.1. The Bertz CT molecular complexity index is 952. The van der Waals surface area contributed by atoms with Crippen LogP contribution in [0.4, 0.5) is 8.78 Å². The smallest absolute Gasteiger partial charge is 0.340 e. The Hall–Kier alpha value is -3.09. The summed E-state index contributed by atoms with van der Waals surface area (Å²) < 4.78 is 33.9. The van der Waals surface area contributed by atoms with E-state index in [-0.39, 0.29) is 11.1 Å². The molecule has 3 rings (SSSR count). The zero-order valence-electron chi connectivity index (χ0n) is 14.5. The quantitative estimate of drug-likeness (QED) is 0.660. The lowest BCUT2D eigenvalue weighted by Crippen LogP contribution is -2.11. The molecule has 1 atom stereocenters. The summed E-state index contributed by atoms with van der Waals surface area (Å²) >= 11 is 0. The van der Waals surface area contributed by atoms with E-state index < -0.39 is 23.7 Å². The third kappa shape index (κ3) is 3.61. The van der Waals surface area contributed by atoms with Crippen molar-refractivity contribution in [3.63, 3.8) is 0 Å². The van der Waals surface area contributed by atoms with Gasteiger partial charge in [-0.1, -0.05) is 0 Å². The number of carbonyl (C=O) groups excluding carboxylic acids is 1. The maximum atomic E-state index is 13.8. The summed E-state index contributed by atoms with van der Waals surface area (Å²) in [4.78, 5) is 16.5. The molecule has 7 heteroatoms. The van der Waals surface area contributed by atoms with Gasteiger partial charge in [0.05, 0.1) is 11.3 Å². The second-order valence-corrected chi connectivity index (χ2v) is 5.96. The van der Waals surface area contributed by atoms with Crippen molar-refractivity contribution in [3.8, 4) is 5.82 Å². The fourth-order valence-electron chi connectivity index (χ4n) is 2.61. The Morgan fingerprint density at radius 1 is 1.15 bits per heavy atom. The van der Waals surface area contributed by atoms with Gasteiger partial charge in [0.15, 0.2) is 5.82 Å². The number of hydrogen-bond acceptors (Lipinski definition) is 4. The minimum atomic E-state index is -0.936. The van der Waals surface area contributed by atoms with Gasteiger partial charge in [-0.3, -0.25) is 0 Å². The van der Waals surface area contributed by atoms with E-state index in [0.29, 0.717) is 5.82 Å². The Morgan fingerprint density at radius 2 is 1.92 bits per heavy atom. The Labute approximate surface area is 149 Å². The van der Waals surface area contributed by atoms with Gasteiger partial charge in [-0.15, -0.1) is 0 Å². The number of benzene rings is 1. The van der Waals surface area contributed by atoms with Crippen LogP contribution < -0.4 is 0 Å². The molecule has 0 amide bonds. The molecule has 2 aromatic heterocycles. The average molecular weight is 357 g/mol. The number of esters is 1. The molecule has 0 N–H and O–H groups in total. The molecule has 1 aromatic carbocycles. The number of aryl methyl sites for hydroxylation is 2. The first kappa shape index (κ1) is 17.7. The van der Waals surface area contributed by atoms with Crippen LogP contribution >= 0.6 is 0 Å². The van der Waals surface area contributed by atoms with Crippen LogP contribution in [-0.2, 0) is 4.74 Å². The topological polar surface area (TPSA) is 57.0 Å². The molecule has 0 saturated heterocycles. The number of aromatic nitrogens is 3. The van der Waals surface area contributed by atoms with Gasteiger partial charge in [0, 0.05) is 17.5 Å². The van der Waals surface area contributed by atoms with E-state index in [1.165, 1.54) is 13.1 Å². The monoisotopic (exact) mass is 357 g/mol. The summed E-state index contributed by atoms with van der Waals surface area (Å²) in [7, 11) is 0. The molecule has 0 radical (unpaired) electrons. The molecule has 0 aliphatic rings. The fourth-order valence-corrected chi connectivity index (χ4v) is 2.61. The highest BCUT2D eigenvalue weighted by molar-refractivity contribution is 5.89. The first-order valence-corrected chi connectivity index (χ1v) is 8.01.